The number of hydrogen-bond donors (Lipinski definition) is 0. The minimum Gasteiger partial charge on any atom is -0.103 e. The summed E-state index contributed by atoms with van der Waals surface area (Å²) in [6.07, 6.45) is 14.8. The van der Waals surface area contributed by atoms with Crippen molar-refractivity contribution in [3.63, 3.8) is 0 Å². The third-order valence-corrected chi connectivity index (χ3v) is 5.22. The fourth-order valence-electron chi connectivity index (χ4n) is 1.65. The van der Waals surface area contributed by atoms with Crippen molar-refractivity contribution in [3.05, 3.63) is 12.7 Å². The highest BCUT2D eigenvalue weighted by Crippen LogP contribution is 2.37. The lowest BCUT2D eigenvalue weighted by molar-refractivity contribution is 0.762. The molecule has 1 heteroatoms. The van der Waals surface area contributed by atoms with Crippen LogP contribution in [-0.2, 0) is 0 Å². The lowest BCUT2D eigenvalue weighted by Crippen LogP contribution is -1.94. The van der Waals surface area contributed by atoms with Gasteiger partial charge in [-0.1, -0.05) is 45.6 Å². The van der Waals surface area contributed by atoms with Gasteiger partial charge in [0.1, 0.15) is 0 Å². The standard InChI is InChI=1S/C13H27P/c1-4-7-9-12-14(11-6-3)13-10-8-5-2/h6H,3-5,7-13H2,1-2H3. The van der Waals surface area contributed by atoms with Gasteiger partial charge in [-0.25, -0.2) is 0 Å². The zero-order valence-electron chi connectivity index (χ0n) is 10.1. The Kier molecular flexibility index (Phi) is 11.4. The summed E-state index contributed by atoms with van der Waals surface area (Å²) >= 11 is 0. The van der Waals surface area contributed by atoms with Gasteiger partial charge >= 0.3 is 0 Å². The molecule has 0 saturated carbocycles. The van der Waals surface area contributed by atoms with Gasteiger partial charge in [-0.3, -0.25) is 0 Å². The molecule has 0 amide bonds. The largest absolute Gasteiger partial charge is 0.103 e. The highest BCUT2D eigenvalue weighted by molar-refractivity contribution is 7.57. The first-order chi connectivity index (χ1) is 6.85. The molecule has 0 aliphatic heterocycles. The summed E-state index contributed by atoms with van der Waals surface area (Å²) in [5, 5.41) is 0. The van der Waals surface area contributed by atoms with Crippen LogP contribution in [0.4, 0.5) is 0 Å². The zero-order valence-corrected chi connectivity index (χ0v) is 11.0. The number of unbranched alkanes of at least 4 members (excludes halogenated alkanes) is 4. The van der Waals surface area contributed by atoms with Crippen LogP contribution in [0.5, 0.6) is 0 Å². The van der Waals surface area contributed by atoms with E-state index in [1.807, 2.05) is 0 Å². The van der Waals surface area contributed by atoms with Crippen molar-refractivity contribution in [2.45, 2.75) is 52.4 Å². The van der Waals surface area contributed by atoms with Crippen molar-refractivity contribution in [2.24, 2.45) is 0 Å². The summed E-state index contributed by atoms with van der Waals surface area (Å²) in [6.45, 7) is 8.44. The molecule has 0 unspecified atom stereocenters. The van der Waals surface area contributed by atoms with Crippen LogP contribution in [0.2, 0.25) is 0 Å². The molecule has 0 aromatic rings. The molecule has 0 aliphatic carbocycles. The van der Waals surface area contributed by atoms with Crippen molar-refractivity contribution in [2.75, 3.05) is 18.5 Å². The fourth-order valence-corrected chi connectivity index (χ4v) is 3.94. The summed E-state index contributed by atoms with van der Waals surface area (Å²) in [7, 11) is 0.298. The van der Waals surface area contributed by atoms with Crippen LogP contribution in [0.3, 0.4) is 0 Å². The monoisotopic (exact) mass is 214 g/mol. The Morgan fingerprint density at radius 1 is 0.929 bits per heavy atom. The van der Waals surface area contributed by atoms with Gasteiger partial charge in [0.15, 0.2) is 0 Å². The Labute approximate surface area is 91.9 Å². The Bertz CT molecular complexity index is 110. The van der Waals surface area contributed by atoms with E-state index < -0.39 is 0 Å². The van der Waals surface area contributed by atoms with Crippen LogP contribution < -0.4 is 0 Å². The van der Waals surface area contributed by atoms with Crippen LogP contribution in [0, 0.1) is 0 Å². The summed E-state index contributed by atoms with van der Waals surface area (Å²) in [6, 6.07) is 0. The third-order valence-electron chi connectivity index (χ3n) is 2.54. The Hall–Kier alpha value is 0.170. The Balaban J connectivity index is 3.49. The maximum Gasteiger partial charge on any atom is -0.0147 e. The predicted octanol–water partition coefficient (Wildman–Crippen LogP) is 5.03. The molecule has 0 nitrogen and oxygen atoms in total. The average molecular weight is 214 g/mol. The van der Waals surface area contributed by atoms with Crippen molar-refractivity contribution in [3.8, 4) is 0 Å². The minimum absolute atomic E-state index is 0.298. The molecular weight excluding hydrogens is 187 g/mol. The first-order valence-corrected chi connectivity index (χ1v) is 8.08. The van der Waals surface area contributed by atoms with Gasteiger partial charge in [0.2, 0.25) is 0 Å². The second-order valence-electron chi connectivity index (χ2n) is 4.00. The predicted molar refractivity (Wildman–Crippen MR) is 70.8 cm³/mol. The van der Waals surface area contributed by atoms with Crippen molar-refractivity contribution >= 4 is 7.92 Å². The number of allylic oxidation sites excluding steroid dienone is 1. The van der Waals surface area contributed by atoms with Crippen molar-refractivity contribution in [1.82, 2.24) is 0 Å². The summed E-state index contributed by atoms with van der Waals surface area (Å²) in [5.74, 6) is 0. The zero-order chi connectivity index (χ0) is 10.6. The van der Waals surface area contributed by atoms with E-state index in [2.05, 4.69) is 26.5 Å². The molecule has 14 heavy (non-hydrogen) atoms. The molecule has 84 valence electrons. The van der Waals surface area contributed by atoms with Gasteiger partial charge in [0.05, 0.1) is 0 Å². The van der Waals surface area contributed by atoms with Crippen LogP contribution in [0.1, 0.15) is 52.4 Å². The molecule has 0 radical (unpaired) electrons. The molecule has 0 aliphatic rings. The first-order valence-electron chi connectivity index (χ1n) is 6.18. The van der Waals surface area contributed by atoms with Gasteiger partial charge in [-0.15, -0.1) is 14.5 Å². The van der Waals surface area contributed by atoms with E-state index in [-0.39, 0.29) is 0 Å². The van der Waals surface area contributed by atoms with E-state index in [0.717, 1.165) is 0 Å². The van der Waals surface area contributed by atoms with E-state index in [4.69, 9.17) is 0 Å². The highest BCUT2D eigenvalue weighted by Gasteiger charge is 2.04. The Morgan fingerprint density at radius 2 is 1.43 bits per heavy atom. The van der Waals surface area contributed by atoms with Gasteiger partial charge < -0.3 is 0 Å². The number of hydrogen-bond acceptors (Lipinski definition) is 0. The molecule has 0 aromatic carbocycles. The molecule has 0 saturated heterocycles. The Morgan fingerprint density at radius 3 is 1.79 bits per heavy atom. The lowest BCUT2D eigenvalue weighted by atomic mass is 10.3. The van der Waals surface area contributed by atoms with Gasteiger partial charge in [0.25, 0.3) is 0 Å². The van der Waals surface area contributed by atoms with Gasteiger partial charge in [-0.05, 0) is 31.3 Å². The van der Waals surface area contributed by atoms with Crippen LogP contribution in [0.15, 0.2) is 12.7 Å². The molecule has 0 spiro atoms. The van der Waals surface area contributed by atoms with E-state index >= 15 is 0 Å². The lowest BCUT2D eigenvalue weighted by Gasteiger charge is -2.15. The summed E-state index contributed by atoms with van der Waals surface area (Å²) < 4.78 is 0. The molecule has 0 atom stereocenters. The van der Waals surface area contributed by atoms with Gasteiger partial charge in [-0.2, -0.15) is 0 Å². The molecule has 0 aromatic heterocycles. The van der Waals surface area contributed by atoms with E-state index in [1.165, 1.54) is 57.0 Å². The van der Waals surface area contributed by atoms with Crippen LogP contribution in [-0.4, -0.2) is 18.5 Å². The second-order valence-corrected chi connectivity index (χ2v) is 6.60. The molecule has 0 bridgehead atoms. The van der Waals surface area contributed by atoms with Crippen molar-refractivity contribution < 1.29 is 0 Å². The van der Waals surface area contributed by atoms with E-state index in [0.29, 0.717) is 7.92 Å². The SMILES string of the molecule is C=CCP(CCCCC)CCCCC. The van der Waals surface area contributed by atoms with Crippen molar-refractivity contribution in [1.29, 1.82) is 0 Å². The third kappa shape index (κ3) is 8.75. The first kappa shape index (κ1) is 14.2. The second kappa shape index (κ2) is 11.2. The maximum absolute atomic E-state index is 3.87. The molecule has 0 heterocycles. The molecular formula is C13H27P. The van der Waals surface area contributed by atoms with Gasteiger partial charge in [0, 0.05) is 0 Å². The number of rotatable bonds is 10. The van der Waals surface area contributed by atoms with E-state index in [9.17, 15) is 0 Å². The van der Waals surface area contributed by atoms with Crippen LogP contribution in [0.25, 0.3) is 0 Å². The highest BCUT2D eigenvalue weighted by atomic mass is 31.1. The smallest absolute Gasteiger partial charge is 0.0147 e. The topological polar surface area (TPSA) is 0 Å². The summed E-state index contributed by atoms with van der Waals surface area (Å²) in [4.78, 5) is 0. The van der Waals surface area contributed by atoms with E-state index in [1.54, 1.807) is 0 Å². The maximum atomic E-state index is 3.87. The molecule has 0 N–H and O–H groups in total. The van der Waals surface area contributed by atoms with Crippen LogP contribution >= 0.6 is 7.92 Å². The average Bonchev–Trinajstić information content (AvgIpc) is 2.18. The minimum atomic E-state index is 0.298. The fraction of sp³-hybridized carbons (Fsp3) is 0.846. The molecule has 0 fully saturated rings. The summed E-state index contributed by atoms with van der Waals surface area (Å²) in [5.41, 5.74) is 0. The normalized spacial score (nSPS) is 10.8. The molecule has 0 rings (SSSR count). The quantitative estimate of drug-likeness (QED) is 0.272.